The van der Waals surface area contributed by atoms with Gasteiger partial charge in [0, 0.05) is 10.9 Å². The van der Waals surface area contributed by atoms with Crippen LogP contribution in [-0.4, -0.2) is 5.78 Å². The van der Waals surface area contributed by atoms with Crippen molar-refractivity contribution in [3.05, 3.63) is 70.1 Å². The molecule has 0 aliphatic rings. The fourth-order valence-corrected chi connectivity index (χ4v) is 2.37. The molecular formula is C15H8BrFO2. The molecule has 0 saturated heterocycles. The molecule has 1 heterocycles. The molecule has 2 aromatic carbocycles. The summed E-state index contributed by atoms with van der Waals surface area (Å²) in [5.41, 5.74) is 0.887. The highest BCUT2D eigenvalue weighted by Crippen LogP contribution is 2.28. The van der Waals surface area contributed by atoms with E-state index in [0.717, 1.165) is 9.86 Å². The molecule has 0 aliphatic heterocycles. The first-order valence-corrected chi connectivity index (χ1v) is 6.43. The third-order valence-electron chi connectivity index (χ3n) is 2.81. The number of halogens is 2. The first kappa shape index (κ1) is 12.1. The van der Waals surface area contributed by atoms with Crippen LogP contribution in [0.2, 0.25) is 0 Å². The van der Waals surface area contributed by atoms with Crippen LogP contribution in [-0.2, 0) is 0 Å². The van der Waals surface area contributed by atoms with E-state index in [4.69, 9.17) is 4.42 Å². The summed E-state index contributed by atoms with van der Waals surface area (Å²) in [6, 6.07) is 12.8. The number of para-hydroxylation sites is 1. The smallest absolute Gasteiger partial charge is 0.228 e. The van der Waals surface area contributed by atoms with Gasteiger partial charge in [-0.25, -0.2) is 4.39 Å². The van der Waals surface area contributed by atoms with Gasteiger partial charge in [0.25, 0.3) is 0 Å². The molecule has 0 amide bonds. The number of carbonyl (C=O) groups excluding carboxylic acids is 1. The molecule has 94 valence electrons. The van der Waals surface area contributed by atoms with Crippen LogP contribution >= 0.6 is 15.9 Å². The summed E-state index contributed by atoms with van der Waals surface area (Å²) in [6.45, 7) is 0. The van der Waals surface area contributed by atoms with E-state index >= 15 is 0 Å². The van der Waals surface area contributed by atoms with Gasteiger partial charge in [-0.1, -0.05) is 24.3 Å². The number of rotatable bonds is 2. The fourth-order valence-electron chi connectivity index (χ4n) is 1.91. The summed E-state index contributed by atoms with van der Waals surface area (Å²) in [5.74, 6) is -0.571. The zero-order valence-corrected chi connectivity index (χ0v) is 11.3. The van der Waals surface area contributed by atoms with E-state index in [9.17, 15) is 9.18 Å². The Kier molecular flexibility index (Phi) is 2.95. The first-order valence-electron chi connectivity index (χ1n) is 5.63. The van der Waals surface area contributed by atoms with Gasteiger partial charge in [0.15, 0.2) is 5.76 Å². The average molecular weight is 319 g/mol. The molecule has 0 fully saturated rings. The molecular weight excluding hydrogens is 311 g/mol. The van der Waals surface area contributed by atoms with Crippen molar-refractivity contribution in [1.82, 2.24) is 0 Å². The SMILES string of the molecule is O=C(c1cccc(F)c1)c1cc2cccc(Br)c2o1. The van der Waals surface area contributed by atoms with Gasteiger partial charge in [-0.15, -0.1) is 0 Å². The lowest BCUT2D eigenvalue weighted by Crippen LogP contribution is -1.99. The van der Waals surface area contributed by atoms with Crippen LogP contribution in [0.15, 0.2) is 57.4 Å². The van der Waals surface area contributed by atoms with Gasteiger partial charge >= 0.3 is 0 Å². The lowest BCUT2D eigenvalue weighted by Gasteiger charge is -1.97. The van der Waals surface area contributed by atoms with Gasteiger partial charge in [0.2, 0.25) is 5.78 Å². The molecule has 0 unspecified atom stereocenters. The van der Waals surface area contributed by atoms with Gasteiger partial charge in [-0.05, 0) is 40.2 Å². The predicted molar refractivity (Wildman–Crippen MR) is 73.7 cm³/mol. The van der Waals surface area contributed by atoms with E-state index in [2.05, 4.69) is 15.9 Å². The number of furan rings is 1. The molecule has 3 aromatic rings. The normalized spacial score (nSPS) is 10.8. The minimum absolute atomic E-state index is 0.201. The Balaban J connectivity index is 2.09. The van der Waals surface area contributed by atoms with Crippen LogP contribution in [0.3, 0.4) is 0 Å². The lowest BCUT2D eigenvalue weighted by atomic mass is 10.1. The number of hydrogen-bond donors (Lipinski definition) is 0. The van der Waals surface area contributed by atoms with Crippen molar-refractivity contribution in [2.75, 3.05) is 0 Å². The van der Waals surface area contributed by atoms with Crippen molar-refractivity contribution in [1.29, 1.82) is 0 Å². The van der Waals surface area contributed by atoms with Crippen molar-refractivity contribution in [3.63, 3.8) is 0 Å². The van der Waals surface area contributed by atoms with Crippen molar-refractivity contribution in [2.24, 2.45) is 0 Å². The molecule has 0 aliphatic carbocycles. The highest BCUT2D eigenvalue weighted by atomic mass is 79.9. The van der Waals surface area contributed by atoms with Crippen molar-refractivity contribution < 1.29 is 13.6 Å². The summed E-state index contributed by atoms with van der Waals surface area (Å²) in [4.78, 5) is 12.2. The summed E-state index contributed by atoms with van der Waals surface area (Å²) >= 11 is 3.36. The molecule has 0 radical (unpaired) electrons. The topological polar surface area (TPSA) is 30.2 Å². The molecule has 0 bridgehead atoms. The third-order valence-corrected chi connectivity index (χ3v) is 3.43. The Bertz CT molecular complexity index is 777. The Labute approximate surface area is 117 Å². The quantitative estimate of drug-likeness (QED) is 0.648. The fraction of sp³-hybridized carbons (Fsp3) is 0. The number of benzene rings is 2. The second kappa shape index (κ2) is 4.63. The van der Waals surface area contributed by atoms with E-state index in [-0.39, 0.29) is 17.1 Å². The second-order valence-electron chi connectivity index (χ2n) is 4.11. The molecule has 0 atom stereocenters. The number of ketones is 1. The summed E-state index contributed by atoms with van der Waals surface area (Å²) in [6.07, 6.45) is 0. The van der Waals surface area contributed by atoms with Crippen LogP contribution in [0.25, 0.3) is 11.0 Å². The zero-order chi connectivity index (χ0) is 13.4. The minimum Gasteiger partial charge on any atom is -0.451 e. The van der Waals surface area contributed by atoms with Crippen LogP contribution < -0.4 is 0 Å². The maximum absolute atomic E-state index is 13.1. The van der Waals surface area contributed by atoms with Crippen molar-refractivity contribution in [3.8, 4) is 0 Å². The van der Waals surface area contributed by atoms with Crippen LogP contribution in [0, 0.1) is 5.82 Å². The lowest BCUT2D eigenvalue weighted by molar-refractivity contribution is 0.101. The zero-order valence-electron chi connectivity index (χ0n) is 9.69. The van der Waals surface area contributed by atoms with E-state index in [0.29, 0.717) is 5.58 Å². The highest BCUT2D eigenvalue weighted by molar-refractivity contribution is 9.10. The van der Waals surface area contributed by atoms with Gasteiger partial charge in [-0.3, -0.25) is 4.79 Å². The Hall–Kier alpha value is -1.94. The molecule has 4 heteroatoms. The van der Waals surface area contributed by atoms with Gasteiger partial charge < -0.3 is 4.42 Å². The van der Waals surface area contributed by atoms with Gasteiger partial charge in [0.05, 0.1) is 4.47 Å². The Morgan fingerprint density at radius 3 is 2.63 bits per heavy atom. The van der Waals surface area contributed by atoms with E-state index < -0.39 is 5.82 Å². The largest absolute Gasteiger partial charge is 0.451 e. The summed E-state index contributed by atoms with van der Waals surface area (Å²) in [5, 5.41) is 0.828. The summed E-state index contributed by atoms with van der Waals surface area (Å²) in [7, 11) is 0. The Morgan fingerprint density at radius 2 is 1.89 bits per heavy atom. The van der Waals surface area contributed by atoms with E-state index in [1.54, 1.807) is 12.1 Å². The molecule has 0 N–H and O–H groups in total. The standard InChI is InChI=1S/C15H8BrFO2/c16-12-6-2-4-10-8-13(19-15(10)12)14(18)9-3-1-5-11(17)7-9/h1-8H. The van der Waals surface area contributed by atoms with Crippen LogP contribution in [0.5, 0.6) is 0 Å². The van der Waals surface area contributed by atoms with Gasteiger partial charge in [-0.2, -0.15) is 0 Å². The number of carbonyl (C=O) groups is 1. The van der Waals surface area contributed by atoms with Crippen LogP contribution in [0.4, 0.5) is 4.39 Å². The Morgan fingerprint density at radius 1 is 1.11 bits per heavy atom. The molecule has 0 spiro atoms. The maximum Gasteiger partial charge on any atom is 0.228 e. The minimum atomic E-state index is -0.442. The van der Waals surface area contributed by atoms with E-state index in [1.165, 1.54) is 18.2 Å². The molecule has 0 saturated carbocycles. The molecule has 1 aromatic heterocycles. The number of fused-ring (bicyclic) bond motifs is 1. The average Bonchev–Trinajstić information content (AvgIpc) is 2.83. The second-order valence-corrected chi connectivity index (χ2v) is 4.96. The number of hydrogen-bond acceptors (Lipinski definition) is 2. The maximum atomic E-state index is 13.1. The van der Waals surface area contributed by atoms with Crippen molar-refractivity contribution >= 4 is 32.7 Å². The van der Waals surface area contributed by atoms with E-state index in [1.807, 2.05) is 18.2 Å². The predicted octanol–water partition coefficient (Wildman–Crippen LogP) is 4.57. The van der Waals surface area contributed by atoms with Gasteiger partial charge in [0.1, 0.15) is 11.4 Å². The third kappa shape index (κ3) is 2.19. The molecule has 19 heavy (non-hydrogen) atoms. The first-order chi connectivity index (χ1) is 9.15. The van der Waals surface area contributed by atoms with Crippen LogP contribution in [0.1, 0.15) is 16.1 Å². The summed E-state index contributed by atoms with van der Waals surface area (Å²) < 4.78 is 19.4. The molecule has 3 rings (SSSR count). The van der Waals surface area contributed by atoms with Crippen molar-refractivity contribution in [2.45, 2.75) is 0 Å². The molecule has 2 nitrogen and oxygen atoms in total. The highest BCUT2D eigenvalue weighted by Gasteiger charge is 2.16. The monoisotopic (exact) mass is 318 g/mol.